The van der Waals surface area contributed by atoms with E-state index in [-0.39, 0.29) is 0 Å². The van der Waals surface area contributed by atoms with Gasteiger partial charge in [-0.3, -0.25) is 4.98 Å². The Hall–Kier alpha value is -0.930. The number of hydrogen-bond donors (Lipinski definition) is 0. The Kier molecular flexibility index (Phi) is 2.79. The summed E-state index contributed by atoms with van der Waals surface area (Å²) in [7, 11) is 0. The lowest BCUT2D eigenvalue weighted by molar-refractivity contribution is 1.20. The zero-order valence-electron chi connectivity index (χ0n) is 7.70. The Morgan fingerprint density at radius 2 is 2.29 bits per heavy atom. The van der Waals surface area contributed by atoms with Crippen LogP contribution in [0.25, 0.3) is 10.6 Å². The second-order valence-electron chi connectivity index (χ2n) is 2.92. The molecule has 0 fully saturated rings. The summed E-state index contributed by atoms with van der Waals surface area (Å²) in [5.74, 6) is 0.469. The number of aromatic nitrogens is 2. The standard InChI is InChI=1S/C10H9ClN2S/c1-7-3-2-4-8(13-7)9-6-12-10(5-11)14-9/h2-4,6H,5H2,1H3. The van der Waals surface area contributed by atoms with E-state index in [0.29, 0.717) is 5.88 Å². The van der Waals surface area contributed by atoms with Crippen LogP contribution in [0.1, 0.15) is 10.7 Å². The monoisotopic (exact) mass is 224 g/mol. The third-order valence-electron chi connectivity index (χ3n) is 1.81. The molecule has 0 saturated carbocycles. The van der Waals surface area contributed by atoms with Crippen LogP contribution in [0, 0.1) is 6.92 Å². The average Bonchev–Trinajstić information content (AvgIpc) is 2.66. The SMILES string of the molecule is Cc1cccc(-c2cnc(CCl)s2)n1. The lowest BCUT2D eigenvalue weighted by Crippen LogP contribution is -1.82. The third-order valence-corrected chi connectivity index (χ3v) is 3.24. The van der Waals surface area contributed by atoms with Crippen LogP contribution < -0.4 is 0 Å². The molecule has 0 amide bonds. The van der Waals surface area contributed by atoms with Crippen molar-refractivity contribution in [3.05, 3.63) is 35.1 Å². The maximum absolute atomic E-state index is 5.69. The van der Waals surface area contributed by atoms with Gasteiger partial charge in [0.1, 0.15) is 5.01 Å². The van der Waals surface area contributed by atoms with Crippen molar-refractivity contribution in [3.63, 3.8) is 0 Å². The summed E-state index contributed by atoms with van der Waals surface area (Å²) in [5, 5.41) is 0.935. The summed E-state index contributed by atoms with van der Waals surface area (Å²) in [6.45, 7) is 1.98. The van der Waals surface area contributed by atoms with Gasteiger partial charge < -0.3 is 0 Å². The molecule has 0 saturated heterocycles. The Morgan fingerprint density at radius 3 is 2.93 bits per heavy atom. The largest absolute Gasteiger partial charge is 0.252 e. The van der Waals surface area contributed by atoms with Crippen LogP contribution >= 0.6 is 22.9 Å². The first-order valence-corrected chi connectivity index (χ1v) is 5.59. The summed E-state index contributed by atoms with van der Waals surface area (Å²) < 4.78 is 0. The molecule has 4 heteroatoms. The molecule has 0 N–H and O–H groups in total. The van der Waals surface area contributed by atoms with E-state index in [0.717, 1.165) is 21.3 Å². The second kappa shape index (κ2) is 4.07. The van der Waals surface area contributed by atoms with Crippen molar-refractivity contribution >= 4 is 22.9 Å². The van der Waals surface area contributed by atoms with E-state index in [1.165, 1.54) is 0 Å². The zero-order valence-corrected chi connectivity index (χ0v) is 9.27. The lowest BCUT2D eigenvalue weighted by Gasteiger charge is -1.96. The van der Waals surface area contributed by atoms with Gasteiger partial charge in [-0.05, 0) is 19.1 Å². The molecule has 2 nitrogen and oxygen atoms in total. The summed E-state index contributed by atoms with van der Waals surface area (Å²) >= 11 is 7.28. The molecule has 0 aliphatic carbocycles. The van der Waals surface area contributed by atoms with Gasteiger partial charge in [0.15, 0.2) is 0 Å². The first-order chi connectivity index (χ1) is 6.79. The quantitative estimate of drug-likeness (QED) is 0.732. The molecular formula is C10H9ClN2S. The molecular weight excluding hydrogens is 216 g/mol. The predicted molar refractivity (Wildman–Crippen MR) is 59.6 cm³/mol. The minimum Gasteiger partial charge on any atom is -0.252 e. The Labute approximate surface area is 91.6 Å². The van der Waals surface area contributed by atoms with Crippen molar-refractivity contribution in [1.29, 1.82) is 0 Å². The van der Waals surface area contributed by atoms with Crippen molar-refractivity contribution < 1.29 is 0 Å². The normalized spacial score (nSPS) is 10.4. The van der Waals surface area contributed by atoms with Crippen molar-refractivity contribution in [3.8, 4) is 10.6 Å². The van der Waals surface area contributed by atoms with Crippen LogP contribution in [0.15, 0.2) is 24.4 Å². The number of pyridine rings is 1. The number of rotatable bonds is 2. The summed E-state index contributed by atoms with van der Waals surface area (Å²) in [4.78, 5) is 9.68. The topological polar surface area (TPSA) is 25.8 Å². The van der Waals surface area contributed by atoms with E-state index in [2.05, 4.69) is 9.97 Å². The highest BCUT2D eigenvalue weighted by atomic mass is 35.5. The highest BCUT2D eigenvalue weighted by Gasteiger charge is 2.04. The highest BCUT2D eigenvalue weighted by Crippen LogP contribution is 2.25. The van der Waals surface area contributed by atoms with Gasteiger partial charge >= 0.3 is 0 Å². The van der Waals surface area contributed by atoms with Gasteiger partial charge in [0, 0.05) is 11.9 Å². The van der Waals surface area contributed by atoms with Gasteiger partial charge in [0.05, 0.1) is 16.5 Å². The van der Waals surface area contributed by atoms with Crippen LogP contribution in [0.4, 0.5) is 0 Å². The minimum atomic E-state index is 0.469. The van der Waals surface area contributed by atoms with Gasteiger partial charge in [-0.2, -0.15) is 0 Å². The molecule has 2 heterocycles. The molecule has 0 atom stereocenters. The Morgan fingerprint density at radius 1 is 1.43 bits per heavy atom. The fourth-order valence-electron chi connectivity index (χ4n) is 1.17. The molecule has 0 aliphatic heterocycles. The fourth-order valence-corrected chi connectivity index (χ4v) is 2.14. The fraction of sp³-hybridized carbons (Fsp3) is 0.200. The minimum absolute atomic E-state index is 0.469. The number of alkyl halides is 1. The van der Waals surface area contributed by atoms with Crippen LogP contribution in [-0.2, 0) is 5.88 Å². The Bertz CT molecular complexity index is 439. The molecule has 0 radical (unpaired) electrons. The maximum Gasteiger partial charge on any atom is 0.108 e. The van der Waals surface area contributed by atoms with E-state index in [4.69, 9.17) is 11.6 Å². The third kappa shape index (κ3) is 1.94. The number of nitrogens with zero attached hydrogens (tertiary/aromatic N) is 2. The average molecular weight is 225 g/mol. The molecule has 2 aromatic rings. The van der Waals surface area contributed by atoms with Crippen LogP contribution in [-0.4, -0.2) is 9.97 Å². The van der Waals surface area contributed by atoms with Gasteiger partial charge in [0.2, 0.25) is 0 Å². The van der Waals surface area contributed by atoms with E-state index in [1.807, 2.05) is 31.3 Å². The lowest BCUT2D eigenvalue weighted by atomic mass is 10.3. The van der Waals surface area contributed by atoms with Gasteiger partial charge in [-0.15, -0.1) is 22.9 Å². The van der Waals surface area contributed by atoms with E-state index in [9.17, 15) is 0 Å². The van der Waals surface area contributed by atoms with Crippen LogP contribution in [0.3, 0.4) is 0 Å². The first-order valence-electron chi connectivity index (χ1n) is 4.24. The van der Waals surface area contributed by atoms with Gasteiger partial charge in [-0.1, -0.05) is 6.07 Å². The molecule has 0 bridgehead atoms. The van der Waals surface area contributed by atoms with Crippen LogP contribution in [0.2, 0.25) is 0 Å². The molecule has 0 unspecified atom stereocenters. The number of halogens is 1. The van der Waals surface area contributed by atoms with E-state index >= 15 is 0 Å². The molecule has 2 rings (SSSR count). The second-order valence-corrected chi connectivity index (χ2v) is 4.30. The molecule has 0 aromatic carbocycles. The predicted octanol–water partition coefficient (Wildman–Crippen LogP) is 3.25. The summed E-state index contributed by atoms with van der Waals surface area (Å²) in [5.41, 5.74) is 1.99. The molecule has 0 aliphatic rings. The van der Waals surface area contributed by atoms with Crippen molar-refractivity contribution in [2.45, 2.75) is 12.8 Å². The number of aryl methyl sites for hydroxylation is 1. The maximum atomic E-state index is 5.69. The van der Waals surface area contributed by atoms with Crippen molar-refractivity contribution in [2.24, 2.45) is 0 Å². The molecule has 14 heavy (non-hydrogen) atoms. The summed E-state index contributed by atoms with van der Waals surface area (Å²) in [6, 6.07) is 5.96. The smallest absolute Gasteiger partial charge is 0.108 e. The number of thiazole rings is 1. The van der Waals surface area contributed by atoms with Crippen molar-refractivity contribution in [2.75, 3.05) is 0 Å². The Balaban J connectivity index is 2.39. The van der Waals surface area contributed by atoms with Gasteiger partial charge in [-0.25, -0.2) is 4.98 Å². The van der Waals surface area contributed by atoms with E-state index in [1.54, 1.807) is 11.3 Å². The van der Waals surface area contributed by atoms with E-state index < -0.39 is 0 Å². The summed E-state index contributed by atoms with van der Waals surface area (Å²) in [6.07, 6.45) is 1.82. The first kappa shape index (κ1) is 9.62. The van der Waals surface area contributed by atoms with Crippen molar-refractivity contribution in [1.82, 2.24) is 9.97 Å². The molecule has 0 spiro atoms. The van der Waals surface area contributed by atoms with Gasteiger partial charge in [0.25, 0.3) is 0 Å². The molecule has 2 aromatic heterocycles. The zero-order chi connectivity index (χ0) is 9.97. The number of hydrogen-bond acceptors (Lipinski definition) is 3. The molecule has 72 valence electrons. The highest BCUT2D eigenvalue weighted by molar-refractivity contribution is 7.15. The van der Waals surface area contributed by atoms with Crippen LogP contribution in [0.5, 0.6) is 0 Å².